The van der Waals surface area contributed by atoms with Crippen LogP contribution in [0.3, 0.4) is 0 Å². The number of nitrogens with zero attached hydrogens (tertiary/aromatic N) is 3. The smallest absolute Gasteiger partial charge is 0.416 e. The van der Waals surface area contributed by atoms with Crippen molar-refractivity contribution in [3.05, 3.63) is 47.8 Å². The van der Waals surface area contributed by atoms with Crippen LogP contribution in [-0.4, -0.2) is 38.8 Å². The molecule has 1 N–H and O–H groups in total. The van der Waals surface area contributed by atoms with Crippen LogP contribution in [0.5, 0.6) is 0 Å². The average molecular weight is 353 g/mol. The summed E-state index contributed by atoms with van der Waals surface area (Å²) in [4.78, 5) is 13.3. The highest BCUT2D eigenvalue weighted by Crippen LogP contribution is 2.31. The first-order valence-corrected chi connectivity index (χ1v) is 7.84. The number of carboxylic acid groups (broad SMARTS) is 1. The molecule has 134 valence electrons. The molecular weight excluding hydrogens is 335 g/mol. The normalized spacial score (nSPS) is 21.6. The Bertz CT molecular complexity index is 770. The van der Waals surface area contributed by atoms with Crippen LogP contribution in [0.15, 0.2) is 36.7 Å². The number of carboxylic acids is 1. The standard InChI is InChI=1S/C17H18F3N3O2/c1-16(15(24)25)6-7-22(11-16)9-12-8-21-23(10-12)14-4-2-13(3-5-14)17(18,19)20/h2-5,8,10H,6-7,9,11H2,1H3,(H,24,25). The van der Waals surface area contributed by atoms with E-state index in [4.69, 9.17) is 0 Å². The second-order valence-electron chi connectivity index (χ2n) is 6.66. The van der Waals surface area contributed by atoms with Gasteiger partial charge in [0.2, 0.25) is 0 Å². The van der Waals surface area contributed by atoms with Crippen molar-refractivity contribution >= 4 is 5.97 Å². The molecule has 0 spiro atoms. The summed E-state index contributed by atoms with van der Waals surface area (Å²) in [6.45, 7) is 3.45. The van der Waals surface area contributed by atoms with E-state index in [1.807, 2.05) is 4.90 Å². The number of rotatable bonds is 4. The quantitative estimate of drug-likeness (QED) is 0.917. The van der Waals surface area contributed by atoms with Crippen molar-refractivity contribution in [1.82, 2.24) is 14.7 Å². The minimum atomic E-state index is -4.36. The van der Waals surface area contributed by atoms with Crippen LogP contribution in [0.4, 0.5) is 13.2 Å². The molecule has 0 radical (unpaired) electrons. The minimum Gasteiger partial charge on any atom is -0.481 e. The van der Waals surface area contributed by atoms with Crippen molar-refractivity contribution in [3.63, 3.8) is 0 Å². The van der Waals surface area contributed by atoms with Crippen LogP contribution in [0.25, 0.3) is 5.69 Å². The van der Waals surface area contributed by atoms with Gasteiger partial charge in [0.1, 0.15) is 0 Å². The third-order valence-electron chi connectivity index (χ3n) is 4.57. The maximum Gasteiger partial charge on any atom is 0.416 e. The van der Waals surface area contributed by atoms with Gasteiger partial charge in [-0.15, -0.1) is 0 Å². The molecule has 1 atom stereocenters. The maximum atomic E-state index is 12.6. The van der Waals surface area contributed by atoms with Crippen molar-refractivity contribution in [1.29, 1.82) is 0 Å². The predicted molar refractivity (Wildman–Crippen MR) is 84.2 cm³/mol. The summed E-state index contributed by atoms with van der Waals surface area (Å²) >= 11 is 0. The molecular formula is C17H18F3N3O2. The summed E-state index contributed by atoms with van der Waals surface area (Å²) in [5.74, 6) is -0.796. The second kappa shape index (κ2) is 6.18. The topological polar surface area (TPSA) is 58.4 Å². The zero-order chi connectivity index (χ0) is 18.2. The van der Waals surface area contributed by atoms with Gasteiger partial charge in [-0.2, -0.15) is 18.3 Å². The molecule has 2 aromatic rings. The number of hydrogen-bond donors (Lipinski definition) is 1. The summed E-state index contributed by atoms with van der Waals surface area (Å²) in [5.41, 5.74) is -0.0112. The van der Waals surface area contributed by atoms with E-state index in [0.29, 0.717) is 31.7 Å². The Labute approximate surface area is 142 Å². The zero-order valence-corrected chi connectivity index (χ0v) is 13.6. The van der Waals surface area contributed by atoms with Crippen molar-refractivity contribution in [3.8, 4) is 5.69 Å². The largest absolute Gasteiger partial charge is 0.481 e. The first-order valence-electron chi connectivity index (χ1n) is 7.84. The van der Waals surface area contributed by atoms with Crippen molar-refractivity contribution in [2.24, 2.45) is 5.41 Å². The highest BCUT2D eigenvalue weighted by Gasteiger charge is 2.40. The molecule has 5 nitrogen and oxygen atoms in total. The molecule has 1 unspecified atom stereocenters. The molecule has 2 heterocycles. The molecule has 1 fully saturated rings. The molecule has 0 saturated carbocycles. The van der Waals surface area contributed by atoms with Crippen molar-refractivity contribution in [2.45, 2.75) is 26.1 Å². The Kier molecular flexibility index (Phi) is 4.32. The average Bonchev–Trinajstić information content (AvgIpc) is 3.15. The Morgan fingerprint density at radius 1 is 1.32 bits per heavy atom. The summed E-state index contributed by atoms with van der Waals surface area (Å²) in [7, 11) is 0. The van der Waals surface area contributed by atoms with E-state index >= 15 is 0 Å². The van der Waals surface area contributed by atoms with Crippen LogP contribution in [0.2, 0.25) is 0 Å². The van der Waals surface area contributed by atoms with Gasteiger partial charge in [-0.1, -0.05) is 0 Å². The number of halogens is 3. The van der Waals surface area contributed by atoms with Gasteiger partial charge in [0.25, 0.3) is 0 Å². The summed E-state index contributed by atoms with van der Waals surface area (Å²) in [5, 5.41) is 13.4. The molecule has 1 aliphatic rings. The molecule has 1 aromatic heterocycles. The van der Waals surface area contributed by atoms with Gasteiger partial charge < -0.3 is 5.11 Å². The van der Waals surface area contributed by atoms with E-state index in [1.54, 1.807) is 19.3 Å². The zero-order valence-electron chi connectivity index (χ0n) is 13.6. The van der Waals surface area contributed by atoms with Crippen LogP contribution in [0.1, 0.15) is 24.5 Å². The number of benzene rings is 1. The lowest BCUT2D eigenvalue weighted by Gasteiger charge is -2.19. The van der Waals surface area contributed by atoms with E-state index in [-0.39, 0.29) is 0 Å². The maximum absolute atomic E-state index is 12.6. The lowest BCUT2D eigenvalue weighted by Crippen LogP contribution is -2.31. The van der Waals surface area contributed by atoms with Gasteiger partial charge >= 0.3 is 12.1 Å². The molecule has 8 heteroatoms. The monoisotopic (exact) mass is 353 g/mol. The number of alkyl halides is 3. The number of aliphatic carboxylic acids is 1. The molecule has 25 heavy (non-hydrogen) atoms. The highest BCUT2D eigenvalue weighted by molar-refractivity contribution is 5.74. The summed E-state index contributed by atoms with van der Waals surface area (Å²) in [6.07, 6.45) is -0.372. The number of likely N-dealkylation sites (tertiary alicyclic amines) is 1. The summed E-state index contributed by atoms with van der Waals surface area (Å²) < 4.78 is 39.3. The van der Waals surface area contributed by atoms with Crippen molar-refractivity contribution in [2.75, 3.05) is 13.1 Å². The molecule has 1 aromatic carbocycles. The lowest BCUT2D eigenvalue weighted by molar-refractivity contribution is -0.147. The summed E-state index contributed by atoms with van der Waals surface area (Å²) in [6, 6.07) is 4.79. The van der Waals surface area contributed by atoms with Gasteiger partial charge in [0.15, 0.2) is 0 Å². The van der Waals surface area contributed by atoms with Gasteiger partial charge in [0.05, 0.1) is 22.9 Å². The number of carbonyl (C=O) groups is 1. The Balaban J connectivity index is 1.68. The first-order chi connectivity index (χ1) is 11.7. The predicted octanol–water partition coefficient (Wildman–Crippen LogP) is 3.19. The van der Waals surface area contributed by atoms with Gasteiger partial charge in [0, 0.05) is 24.8 Å². The Morgan fingerprint density at radius 3 is 2.56 bits per heavy atom. The second-order valence-corrected chi connectivity index (χ2v) is 6.66. The molecule has 0 bridgehead atoms. The fourth-order valence-electron chi connectivity index (χ4n) is 3.01. The SMILES string of the molecule is CC1(C(=O)O)CCN(Cc2cnn(-c3ccc(C(F)(F)F)cc3)c2)C1. The lowest BCUT2D eigenvalue weighted by atomic mass is 9.90. The number of aromatic nitrogens is 2. The van der Waals surface area contributed by atoms with E-state index in [9.17, 15) is 23.1 Å². The Morgan fingerprint density at radius 2 is 2.00 bits per heavy atom. The van der Waals surface area contributed by atoms with Crippen LogP contribution < -0.4 is 0 Å². The van der Waals surface area contributed by atoms with Crippen LogP contribution >= 0.6 is 0 Å². The molecule has 0 amide bonds. The third kappa shape index (κ3) is 3.68. The fraction of sp³-hybridized carbons (Fsp3) is 0.412. The number of hydrogen-bond acceptors (Lipinski definition) is 3. The van der Waals surface area contributed by atoms with E-state index in [1.165, 1.54) is 16.8 Å². The van der Waals surface area contributed by atoms with E-state index < -0.39 is 23.1 Å². The van der Waals surface area contributed by atoms with Gasteiger partial charge in [-0.3, -0.25) is 9.69 Å². The fourth-order valence-corrected chi connectivity index (χ4v) is 3.01. The Hall–Kier alpha value is -2.35. The molecule has 1 saturated heterocycles. The molecule has 0 aliphatic carbocycles. The minimum absolute atomic E-state index is 0.466. The van der Waals surface area contributed by atoms with Crippen molar-refractivity contribution < 1.29 is 23.1 Å². The third-order valence-corrected chi connectivity index (χ3v) is 4.57. The van der Waals surface area contributed by atoms with E-state index in [2.05, 4.69) is 5.10 Å². The molecule has 1 aliphatic heterocycles. The van der Waals surface area contributed by atoms with Crippen LogP contribution in [-0.2, 0) is 17.5 Å². The van der Waals surface area contributed by atoms with E-state index in [0.717, 1.165) is 17.7 Å². The first kappa shape index (κ1) is 17.5. The van der Waals surface area contributed by atoms with Gasteiger partial charge in [-0.25, -0.2) is 4.68 Å². The molecule has 3 rings (SSSR count). The van der Waals surface area contributed by atoms with Crippen LogP contribution in [0, 0.1) is 5.41 Å². The highest BCUT2D eigenvalue weighted by atomic mass is 19.4. The van der Waals surface area contributed by atoms with Gasteiger partial charge in [-0.05, 0) is 44.2 Å².